The first-order chi connectivity index (χ1) is 16.1. The van der Waals surface area contributed by atoms with Crippen LogP contribution in [0.4, 0.5) is 0 Å². The van der Waals surface area contributed by atoms with Gasteiger partial charge in [-0.1, -0.05) is 51.0 Å². The molecule has 2 heterocycles. The van der Waals surface area contributed by atoms with Crippen LogP contribution in [0.3, 0.4) is 0 Å². The average Bonchev–Trinajstić information content (AvgIpc) is 3.76. The van der Waals surface area contributed by atoms with Crippen LogP contribution in [-0.2, 0) is 9.47 Å². The van der Waals surface area contributed by atoms with Gasteiger partial charge in [-0.25, -0.2) is 9.59 Å². The molecule has 0 aliphatic carbocycles. The fraction of sp³-hybridized carbons (Fsp3) is 0.440. The minimum Gasteiger partial charge on any atom is -0.462 e. The zero-order valence-corrected chi connectivity index (χ0v) is 18.9. The lowest BCUT2D eigenvalue weighted by Gasteiger charge is -2.21. The number of carbonyl (C=O) groups is 2. The van der Waals surface area contributed by atoms with Gasteiger partial charge in [0.2, 0.25) is 12.3 Å². The summed E-state index contributed by atoms with van der Waals surface area (Å²) in [5, 5.41) is 15.5. The summed E-state index contributed by atoms with van der Waals surface area (Å²) >= 11 is 0. The zero-order valence-electron chi connectivity index (χ0n) is 18.9. The van der Waals surface area contributed by atoms with Crippen molar-refractivity contribution in [2.75, 3.05) is 13.2 Å². The molecule has 0 aromatic heterocycles. The van der Waals surface area contributed by atoms with Gasteiger partial charge in [-0.05, 0) is 42.5 Å². The molecule has 0 saturated heterocycles. The van der Waals surface area contributed by atoms with Gasteiger partial charge >= 0.3 is 11.9 Å². The van der Waals surface area contributed by atoms with Crippen molar-refractivity contribution in [3.05, 3.63) is 70.8 Å². The second-order valence-electron chi connectivity index (χ2n) is 8.43. The molecule has 2 unspecified atom stereocenters. The van der Waals surface area contributed by atoms with E-state index in [1.54, 1.807) is 24.3 Å². The largest absolute Gasteiger partial charge is 0.462 e. The standard InChI is InChI=1S/C25H28N4O4/c1-3-16(14-32-24(30)20-9-5-18(6-10-20)22-26-27-22)13-17(4-2)15-33-25(31)21-11-7-19(8-12-21)23-28-29-23/h5-12,16-17,22-23H,3-4,13-15H2,1-2H3. The predicted octanol–water partition coefficient (Wildman–Crippen LogP) is 6.07. The fourth-order valence-corrected chi connectivity index (χ4v) is 3.65. The Bertz CT molecular complexity index is 938. The second-order valence-corrected chi connectivity index (χ2v) is 8.43. The first-order valence-corrected chi connectivity index (χ1v) is 11.4. The molecule has 0 spiro atoms. The van der Waals surface area contributed by atoms with Gasteiger partial charge in [0.25, 0.3) is 0 Å². The normalized spacial score (nSPS) is 16.3. The Morgan fingerprint density at radius 3 is 1.36 bits per heavy atom. The number of hydrogen-bond donors (Lipinski definition) is 0. The third kappa shape index (κ3) is 6.31. The van der Waals surface area contributed by atoms with Crippen LogP contribution in [0.15, 0.2) is 69.0 Å². The number of benzene rings is 2. The van der Waals surface area contributed by atoms with Gasteiger partial charge in [0, 0.05) is 11.1 Å². The Balaban J connectivity index is 1.21. The maximum atomic E-state index is 12.4. The molecule has 2 aliphatic heterocycles. The Morgan fingerprint density at radius 1 is 0.697 bits per heavy atom. The van der Waals surface area contributed by atoms with Crippen LogP contribution in [0.25, 0.3) is 0 Å². The van der Waals surface area contributed by atoms with E-state index in [0.29, 0.717) is 24.3 Å². The molecule has 2 aromatic rings. The third-order valence-corrected chi connectivity index (χ3v) is 6.07. The molecular formula is C25H28N4O4. The van der Waals surface area contributed by atoms with Gasteiger partial charge in [-0.3, -0.25) is 0 Å². The van der Waals surface area contributed by atoms with Crippen molar-refractivity contribution in [3.63, 3.8) is 0 Å². The van der Waals surface area contributed by atoms with Crippen molar-refractivity contribution in [1.29, 1.82) is 0 Å². The summed E-state index contributed by atoms with van der Waals surface area (Å²) in [6, 6.07) is 14.4. The average molecular weight is 449 g/mol. The summed E-state index contributed by atoms with van der Waals surface area (Å²) in [7, 11) is 0. The first-order valence-electron chi connectivity index (χ1n) is 11.4. The molecule has 0 N–H and O–H groups in total. The van der Waals surface area contributed by atoms with Crippen LogP contribution < -0.4 is 0 Å². The van der Waals surface area contributed by atoms with Crippen molar-refractivity contribution in [2.45, 2.75) is 45.4 Å². The van der Waals surface area contributed by atoms with Crippen LogP contribution in [0.5, 0.6) is 0 Å². The van der Waals surface area contributed by atoms with Crippen LogP contribution in [0.2, 0.25) is 0 Å². The Kier molecular flexibility index (Phi) is 7.22. The fourth-order valence-electron chi connectivity index (χ4n) is 3.65. The summed E-state index contributed by atoms with van der Waals surface area (Å²) in [4.78, 5) is 24.8. The molecule has 4 rings (SSSR count). The molecule has 2 atom stereocenters. The maximum absolute atomic E-state index is 12.4. The molecule has 0 amide bonds. The summed E-state index contributed by atoms with van der Waals surface area (Å²) in [6.45, 7) is 4.84. The number of esters is 2. The van der Waals surface area contributed by atoms with E-state index in [4.69, 9.17) is 9.47 Å². The molecule has 2 aliphatic rings. The number of rotatable bonds is 12. The van der Waals surface area contributed by atoms with Gasteiger partial charge in [-0.2, -0.15) is 20.5 Å². The molecule has 0 saturated carbocycles. The van der Waals surface area contributed by atoms with E-state index >= 15 is 0 Å². The molecule has 172 valence electrons. The van der Waals surface area contributed by atoms with E-state index in [9.17, 15) is 9.59 Å². The lowest BCUT2D eigenvalue weighted by atomic mass is 9.92. The van der Waals surface area contributed by atoms with E-state index < -0.39 is 0 Å². The molecule has 33 heavy (non-hydrogen) atoms. The van der Waals surface area contributed by atoms with Crippen LogP contribution in [-0.4, -0.2) is 25.2 Å². The lowest BCUT2D eigenvalue weighted by molar-refractivity contribution is 0.0345. The van der Waals surface area contributed by atoms with Crippen molar-refractivity contribution in [2.24, 2.45) is 32.3 Å². The predicted molar refractivity (Wildman–Crippen MR) is 121 cm³/mol. The highest BCUT2D eigenvalue weighted by Crippen LogP contribution is 2.31. The molecule has 0 radical (unpaired) electrons. The number of ether oxygens (including phenoxy) is 2. The summed E-state index contributed by atoms with van der Waals surface area (Å²) in [5.41, 5.74) is 2.99. The Hall–Kier alpha value is -3.42. The van der Waals surface area contributed by atoms with Crippen molar-refractivity contribution in [1.82, 2.24) is 0 Å². The van der Waals surface area contributed by atoms with Gasteiger partial charge in [0.1, 0.15) is 0 Å². The van der Waals surface area contributed by atoms with E-state index in [2.05, 4.69) is 34.3 Å². The minimum absolute atomic E-state index is 0.0754. The first kappa shape index (κ1) is 22.8. The SMILES string of the molecule is CCC(COC(=O)c1ccc(C2N=N2)cc1)CC(CC)COC(=O)c1ccc(C2N=N2)cc1. The molecule has 2 aromatic carbocycles. The molecule has 8 heteroatoms. The third-order valence-electron chi connectivity index (χ3n) is 6.07. The van der Waals surface area contributed by atoms with E-state index in [0.717, 1.165) is 30.4 Å². The van der Waals surface area contributed by atoms with Gasteiger partial charge in [0.05, 0.1) is 24.3 Å². The number of nitrogens with zero attached hydrogens (tertiary/aromatic N) is 4. The Morgan fingerprint density at radius 2 is 1.06 bits per heavy atom. The molecule has 8 nitrogen and oxygen atoms in total. The van der Waals surface area contributed by atoms with Crippen LogP contribution in [0.1, 0.15) is 77.3 Å². The van der Waals surface area contributed by atoms with E-state index in [1.807, 2.05) is 24.3 Å². The zero-order chi connectivity index (χ0) is 23.2. The maximum Gasteiger partial charge on any atom is 0.338 e. The van der Waals surface area contributed by atoms with E-state index in [-0.39, 0.29) is 36.1 Å². The van der Waals surface area contributed by atoms with Gasteiger partial charge in [-0.15, -0.1) is 0 Å². The molecule has 0 bridgehead atoms. The highest BCUT2D eigenvalue weighted by molar-refractivity contribution is 5.89. The van der Waals surface area contributed by atoms with Crippen molar-refractivity contribution in [3.8, 4) is 0 Å². The monoisotopic (exact) mass is 448 g/mol. The smallest absolute Gasteiger partial charge is 0.338 e. The van der Waals surface area contributed by atoms with Gasteiger partial charge < -0.3 is 9.47 Å². The van der Waals surface area contributed by atoms with Crippen molar-refractivity contribution >= 4 is 11.9 Å². The molecule has 0 fully saturated rings. The second kappa shape index (κ2) is 10.5. The van der Waals surface area contributed by atoms with Crippen molar-refractivity contribution < 1.29 is 19.1 Å². The number of carbonyl (C=O) groups excluding carboxylic acids is 2. The quantitative estimate of drug-likeness (QED) is 0.368. The van der Waals surface area contributed by atoms with E-state index in [1.165, 1.54) is 0 Å². The summed E-state index contributed by atoms with van der Waals surface area (Å²) in [5.74, 6) is -0.267. The van der Waals surface area contributed by atoms with Crippen LogP contribution >= 0.6 is 0 Å². The summed E-state index contributed by atoms with van der Waals surface area (Å²) < 4.78 is 11.1. The molecular weight excluding hydrogens is 420 g/mol. The topological polar surface area (TPSA) is 102 Å². The highest BCUT2D eigenvalue weighted by atomic mass is 16.5. The number of hydrogen-bond acceptors (Lipinski definition) is 8. The minimum atomic E-state index is -0.334. The summed E-state index contributed by atoms with van der Waals surface area (Å²) in [6.07, 6.45) is 2.42. The Labute approximate surface area is 193 Å². The highest BCUT2D eigenvalue weighted by Gasteiger charge is 2.22. The lowest BCUT2D eigenvalue weighted by Crippen LogP contribution is -2.21. The van der Waals surface area contributed by atoms with Gasteiger partial charge in [0.15, 0.2) is 0 Å². The van der Waals surface area contributed by atoms with Crippen LogP contribution in [0, 0.1) is 11.8 Å².